The van der Waals surface area contributed by atoms with Gasteiger partial charge in [0.1, 0.15) is 17.2 Å². The number of nitriles is 1. The number of halogens is 2. The Bertz CT molecular complexity index is 500. The van der Waals surface area contributed by atoms with E-state index in [1.54, 1.807) is 0 Å². The maximum Gasteiger partial charge on any atom is 0.136 e. The number of rotatable bonds is 8. The summed E-state index contributed by atoms with van der Waals surface area (Å²) >= 11 is 1.29. The summed E-state index contributed by atoms with van der Waals surface area (Å²) in [6.45, 7) is 6.01. The lowest BCUT2D eigenvalue weighted by atomic mass is 9.91. The van der Waals surface area contributed by atoms with Crippen LogP contribution in [0, 0.1) is 23.0 Å². The van der Waals surface area contributed by atoms with Gasteiger partial charge in [0, 0.05) is 10.9 Å². The fraction of sp³-hybridized carbons (Fsp3) is 0.562. The number of benzene rings is 1. The zero-order valence-corrected chi connectivity index (χ0v) is 13.6. The molecule has 0 heterocycles. The van der Waals surface area contributed by atoms with Crippen LogP contribution in [0.15, 0.2) is 23.1 Å². The molecule has 116 valence electrons. The molecule has 0 saturated heterocycles. The lowest BCUT2D eigenvalue weighted by molar-refractivity contribution is 0.341. The monoisotopic (exact) mass is 312 g/mol. The summed E-state index contributed by atoms with van der Waals surface area (Å²) in [5.41, 5.74) is -0.533. The molecule has 0 saturated carbocycles. The van der Waals surface area contributed by atoms with Crippen LogP contribution >= 0.6 is 11.8 Å². The quantitative estimate of drug-likeness (QED) is 0.567. The van der Waals surface area contributed by atoms with E-state index in [1.807, 2.05) is 20.8 Å². The zero-order chi connectivity index (χ0) is 15.9. The van der Waals surface area contributed by atoms with E-state index < -0.39 is 17.2 Å². The first-order valence-corrected chi connectivity index (χ1v) is 8.18. The Kier molecular flexibility index (Phi) is 7.13. The summed E-state index contributed by atoms with van der Waals surface area (Å²) in [5.74, 6) is -0.173. The Morgan fingerprint density at radius 2 is 2.10 bits per heavy atom. The topological polar surface area (TPSA) is 35.8 Å². The Hall–Kier alpha value is -1.12. The standard InChI is InChI=1S/C16H22F2N2S/c1-4-16(11-19,20-12(2)3)8-5-9-21-15-10-13(17)6-7-14(15)18/h6-7,10,12,20H,4-5,8-9H2,1-3H3. The van der Waals surface area contributed by atoms with Crippen molar-refractivity contribution in [3.8, 4) is 6.07 Å². The molecule has 21 heavy (non-hydrogen) atoms. The molecule has 0 spiro atoms. The third-order valence-electron chi connectivity index (χ3n) is 3.28. The van der Waals surface area contributed by atoms with E-state index in [0.29, 0.717) is 17.1 Å². The molecule has 0 bridgehead atoms. The average Bonchev–Trinajstić information content (AvgIpc) is 2.45. The SMILES string of the molecule is CCC(C#N)(CCCSc1cc(F)ccc1F)NC(C)C. The average molecular weight is 312 g/mol. The second-order valence-electron chi connectivity index (χ2n) is 5.37. The Morgan fingerprint density at radius 3 is 2.67 bits per heavy atom. The van der Waals surface area contributed by atoms with Crippen LogP contribution < -0.4 is 5.32 Å². The maximum absolute atomic E-state index is 13.5. The van der Waals surface area contributed by atoms with Crippen LogP contribution in [0.2, 0.25) is 0 Å². The van der Waals surface area contributed by atoms with Crippen LogP contribution in [0.1, 0.15) is 40.0 Å². The summed E-state index contributed by atoms with van der Waals surface area (Å²) < 4.78 is 26.5. The fourth-order valence-electron chi connectivity index (χ4n) is 2.21. The van der Waals surface area contributed by atoms with Crippen molar-refractivity contribution in [2.24, 2.45) is 0 Å². The predicted octanol–water partition coefficient (Wildman–Crippen LogP) is 4.51. The van der Waals surface area contributed by atoms with Gasteiger partial charge in [-0.2, -0.15) is 5.26 Å². The third-order valence-corrected chi connectivity index (χ3v) is 4.40. The summed E-state index contributed by atoms with van der Waals surface area (Å²) in [5, 5.41) is 12.7. The van der Waals surface area contributed by atoms with Crippen molar-refractivity contribution >= 4 is 11.8 Å². The van der Waals surface area contributed by atoms with Gasteiger partial charge in [-0.1, -0.05) is 6.92 Å². The number of hydrogen-bond acceptors (Lipinski definition) is 3. The first kappa shape index (κ1) is 17.9. The molecule has 0 aromatic heterocycles. The molecule has 0 fully saturated rings. The van der Waals surface area contributed by atoms with Crippen molar-refractivity contribution in [1.29, 1.82) is 5.26 Å². The van der Waals surface area contributed by atoms with Gasteiger partial charge in [0.05, 0.1) is 6.07 Å². The van der Waals surface area contributed by atoms with Crippen LogP contribution in [0.25, 0.3) is 0 Å². The van der Waals surface area contributed by atoms with Crippen molar-refractivity contribution in [2.45, 2.75) is 56.5 Å². The van der Waals surface area contributed by atoms with Gasteiger partial charge in [0.15, 0.2) is 0 Å². The molecule has 1 N–H and O–H groups in total. The largest absolute Gasteiger partial charge is 0.297 e. The lowest BCUT2D eigenvalue weighted by Gasteiger charge is -2.29. The highest BCUT2D eigenvalue weighted by Gasteiger charge is 2.27. The first-order valence-electron chi connectivity index (χ1n) is 7.19. The van der Waals surface area contributed by atoms with E-state index in [9.17, 15) is 14.0 Å². The maximum atomic E-state index is 13.5. The lowest BCUT2D eigenvalue weighted by Crippen LogP contribution is -2.47. The summed E-state index contributed by atoms with van der Waals surface area (Å²) in [7, 11) is 0. The molecule has 1 aromatic rings. The van der Waals surface area contributed by atoms with E-state index in [0.717, 1.165) is 25.0 Å². The Morgan fingerprint density at radius 1 is 1.38 bits per heavy atom. The number of nitrogens with one attached hydrogen (secondary N) is 1. The minimum absolute atomic E-state index is 0.234. The molecule has 0 amide bonds. The number of hydrogen-bond donors (Lipinski definition) is 1. The molecule has 2 nitrogen and oxygen atoms in total. The molecule has 5 heteroatoms. The number of nitrogens with zero attached hydrogens (tertiary/aromatic N) is 1. The summed E-state index contributed by atoms with van der Waals surface area (Å²) in [6.07, 6.45) is 2.19. The minimum Gasteiger partial charge on any atom is -0.297 e. The van der Waals surface area contributed by atoms with Gasteiger partial charge in [-0.05, 0) is 57.1 Å². The van der Waals surface area contributed by atoms with Crippen molar-refractivity contribution in [2.75, 3.05) is 5.75 Å². The molecule has 1 unspecified atom stereocenters. The van der Waals surface area contributed by atoms with Crippen molar-refractivity contribution < 1.29 is 8.78 Å². The highest BCUT2D eigenvalue weighted by atomic mass is 32.2. The third kappa shape index (κ3) is 5.64. The van der Waals surface area contributed by atoms with Crippen LogP contribution in [0.3, 0.4) is 0 Å². The van der Waals surface area contributed by atoms with Crippen LogP contribution in [-0.4, -0.2) is 17.3 Å². The van der Waals surface area contributed by atoms with E-state index in [4.69, 9.17) is 0 Å². The normalized spacial score (nSPS) is 14.0. The zero-order valence-electron chi connectivity index (χ0n) is 12.7. The summed E-state index contributed by atoms with van der Waals surface area (Å²) in [4.78, 5) is 0.325. The molecular formula is C16H22F2N2S. The Balaban J connectivity index is 2.52. The second-order valence-corrected chi connectivity index (χ2v) is 6.51. The van der Waals surface area contributed by atoms with Gasteiger partial charge < -0.3 is 0 Å². The second kappa shape index (κ2) is 8.35. The van der Waals surface area contributed by atoms with E-state index in [-0.39, 0.29) is 6.04 Å². The van der Waals surface area contributed by atoms with Crippen molar-refractivity contribution in [1.82, 2.24) is 5.32 Å². The minimum atomic E-state index is -0.533. The molecule has 0 aliphatic heterocycles. The molecule has 1 aromatic carbocycles. The van der Waals surface area contributed by atoms with Gasteiger partial charge in [-0.25, -0.2) is 8.78 Å². The highest BCUT2D eigenvalue weighted by molar-refractivity contribution is 7.99. The van der Waals surface area contributed by atoms with Crippen molar-refractivity contribution in [3.63, 3.8) is 0 Å². The van der Waals surface area contributed by atoms with E-state index in [2.05, 4.69) is 11.4 Å². The fourth-order valence-corrected chi connectivity index (χ4v) is 3.13. The molecule has 0 radical (unpaired) electrons. The molecule has 1 atom stereocenters. The first-order chi connectivity index (χ1) is 9.92. The van der Waals surface area contributed by atoms with Crippen molar-refractivity contribution in [3.05, 3.63) is 29.8 Å². The number of thioether (sulfide) groups is 1. The molecule has 0 aliphatic carbocycles. The molecule has 1 rings (SSSR count). The van der Waals surface area contributed by atoms with Crippen LogP contribution in [-0.2, 0) is 0 Å². The molecule has 0 aliphatic rings. The van der Waals surface area contributed by atoms with Gasteiger partial charge in [0.25, 0.3) is 0 Å². The van der Waals surface area contributed by atoms with Crippen LogP contribution in [0.5, 0.6) is 0 Å². The van der Waals surface area contributed by atoms with Gasteiger partial charge in [-0.3, -0.25) is 5.32 Å². The van der Waals surface area contributed by atoms with Crippen LogP contribution in [0.4, 0.5) is 8.78 Å². The predicted molar refractivity (Wildman–Crippen MR) is 83.2 cm³/mol. The van der Waals surface area contributed by atoms with Gasteiger partial charge in [-0.15, -0.1) is 11.8 Å². The smallest absolute Gasteiger partial charge is 0.136 e. The van der Waals surface area contributed by atoms with E-state index in [1.165, 1.54) is 17.8 Å². The van der Waals surface area contributed by atoms with E-state index >= 15 is 0 Å². The summed E-state index contributed by atoms with van der Waals surface area (Å²) in [6, 6.07) is 6.06. The van der Waals surface area contributed by atoms with Gasteiger partial charge >= 0.3 is 0 Å². The van der Waals surface area contributed by atoms with Gasteiger partial charge in [0.2, 0.25) is 0 Å². The highest BCUT2D eigenvalue weighted by Crippen LogP contribution is 2.26. The molecular weight excluding hydrogens is 290 g/mol. The Labute approximate surface area is 129 Å².